The Labute approximate surface area is 154 Å². The third kappa shape index (κ3) is 3.99. The number of carbonyl (C=O) groups excluding carboxylic acids is 1. The van der Waals surface area contributed by atoms with Gasteiger partial charge < -0.3 is 4.90 Å². The maximum Gasteiger partial charge on any atom is 0.226 e. The predicted molar refractivity (Wildman–Crippen MR) is 102 cm³/mol. The molecule has 0 aliphatic heterocycles. The Morgan fingerprint density at radius 3 is 2.50 bits per heavy atom. The SMILES string of the molecule is Cc1nn(-c2ccccc2)c(C)c1CC(=O)N(C)CCc1ccccn1. The van der Waals surface area contributed by atoms with Gasteiger partial charge in [-0.25, -0.2) is 4.68 Å². The van der Waals surface area contributed by atoms with Gasteiger partial charge in [-0.1, -0.05) is 24.3 Å². The fraction of sp³-hybridized carbons (Fsp3) is 0.286. The third-order valence-electron chi connectivity index (χ3n) is 4.63. The number of aryl methyl sites for hydroxylation is 1. The molecule has 0 unspecified atom stereocenters. The van der Waals surface area contributed by atoms with Gasteiger partial charge in [0.1, 0.15) is 0 Å². The number of benzene rings is 1. The van der Waals surface area contributed by atoms with Crippen molar-refractivity contribution < 1.29 is 4.79 Å². The van der Waals surface area contributed by atoms with Gasteiger partial charge in [0.15, 0.2) is 0 Å². The van der Waals surface area contributed by atoms with Crippen molar-refractivity contribution in [2.75, 3.05) is 13.6 Å². The average Bonchev–Trinajstić information content (AvgIpc) is 2.95. The van der Waals surface area contributed by atoms with Crippen molar-refractivity contribution in [2.45, 2.75) is 26.7 Å². The van der Waals surface area contributed by atoms with Gasteiger partial charge in [-0.05, 0) is 38.1 Å². The van der Waals surface area contributed by atoms with Gasteiger partial charge in [0.2, 0.25) is 5.91 Å². The van der Waals surface area contributed by atoms with Crippen LogP contribution in [0.3, 0.4) is 0 Å². The van der Waals surface area contributed by atoms with Crippen LogP contribution in [-0.4, -0.2) is 39.2 Å². The highest BCUT2D eigenvalue weighted by molar-refractivity contribution is 5.79. The molecule has 0 radical (unpaired) electrons. The molecule has 0 atom stereocenters. The number of pyridine rings is 1. The maximum absolute atomic E-state index is 12.7. The number of nitrogens with zero attached hydrogens (tertiary/aromatic N) is 4. The standard InChI is InChI=1S/C21H24N4O/c1-16-20(17(2)25(23-16)19-10-5-4-6-11-19)15-21(26)24(3)14-12-18-9-7-8-13-22-18/h4-11,13H,12,14-15H2,1-3H3. The van der Waals surface area contributed by atoms with E-state index in [1.165, 1.54) is 0 Å². The number of hydrogen-bond acceptors (Lipinski definition) is 3. The topological polar surface area (TPSA) is 51.0 Å². The second kappa shape index (κ2) is 7.95. The predicted octanol–water partition coefficient (Wildman–Crippen LogP) is 3.13. The second-order valence-corrected chi connectivity index (χ2v) is 6.46. The first-order chi connectivity index (χ1) is 12.6. The van der Waals surface area contributed by atoms with Gasteiger partial charge in [0.05, 0.1) is 17.8 Å². The average molecular weight is 348 g/mol. The highest BCUT2D eigenvalue weighted by Crippen LogP contribution is 2.19. The lowest BCUT2D eigenvalue weighted by Crippen LogP contribution is -2.30. The van der Waals surface area contributed by atoms with E-state index in [0.717, 1.165) is 34.8 Å². The maximum atomic E-state index is 12.7. The van der Waals surface area contributed by atoms with Crippen LogP contribution in [0.5, 0.6) is 0 Å². The Morgan fingerprint density at radius 2 is 1.81 bits per heavy atom. The van der Waals surface area contributed by atoms with Gasteiger partial charge in [-0.15, -0.1) is 0 Å². The minimum atomic E-state index is 0.0970. The highest BCUT2D eigenvalue weighted by Gasteiger charge is 2.18. The quantitative estimate of drug-likeness (QED) is 0.688. The lowest BCUT2D eigenvalue weighted by molar-refractivity contribution is -0.129. The molecule has 1 aromatic carbocycles. The molecule has 0 bridgehead atoms. The van der Waals surface area contributed by atoms with E-state index in [1.807, 2.05) is 74.1 Å². The van der Waals surface area contributed by atoms with Crippen LogP contribution in [0.4, 0.5) is 0 Å². The van der Waals surface area contributed by atoms with Crippen molar-refractivity contribution in [1.29, 1.82) is 0 Å². The first kappa shape index (κ1) is 17.9. The van der Waals surface area contributed by atoms with Crippen LogP contribution in [0.1, 0.15) is 22.6 Å². The summed E-state index contributed by atoms with van der Waals surface area (Å²) in [6, 6.07) is 15.8. The van der Waals surface area contributed by atoms with Crippen molar-refractivity contribution in [3.8, 4) is 5.69 Å². The normalized spacial score (nSPS) is 10.7. The summed E-state index contributed by atoms with van der Waals surface area (Å²) in [4.78, 5) is 18.7. The molecular formula is C21H24N4O. The van der Waals surface area contributed by atoms with Crippen molar-refractivity contribution in [1.82, 2.24) is 19.7 Å². The molecule has 3 aromatic rings. The van der Waals surface area contributed by atoms with E-state index in [2.05, 4.69) is 10.1 Å². The first-order valence-corrected chi connectivity index (χ1v) is 8.80. The Morgan fingerprint density at radius 1 is 1.08 bits per heavy atom. The van der Waals surface area contributed by atoms with E-state index in [-0.39, 0.29) is 5.91 Å². The molecule has 0 aliphatic rings. The second-order valence-electron chi connectivity index (χ2n) is 6.46. The Bertz CT molecular complexity index is 872. The Balaban J connectivity index is 1.68. The number of carbonyl (C=O) groups is 1. The van der Waals surface area contributed by atoms with Gasteiger partial charge >= 0.3 is 0 Å². The molecule has 2 aromatic heterocycles. The molecule has 134 valence electrons. The summed E-state index contributed by atoms with van der Waals surface area (Å²) in [6.45, 7) is 4.63. The summed E-state index contributed by atoms with van der Waals surface area (Å²) in [5.41, 5.74) is 4.92. The fourth-order valence-electron chi connectivity index (χ4n) is 2.99. The van der Waals surface area contributed by atoms with E-state index in [4.69, 9.17) is 0 Å². The highest BCUT2D eigenvalue weighted by atomic mass is 16.2. The molecule has 26 heavy (non-hydrogen) atoms. The van der Waals surface area contributed by atoms with Crippen molar-refractivity contribution in [2.24, 2.45) is 0 Å². The lowest BCUT2D eigenvalue weighted by atomic mass is 10.1. The van der Waals surface area contributed by atoms with Crippen molar-refractivity contribution >= 4 is 5.91 Å². The van der Waals surface area contributed by atoms with Crippen LogP contribution in [-0.2, 0) is 17.6 Å². The molecule has 5 heteroatoms. The number of hydrogen-bond donors (Lipinski definition) is 0. The number of para-hydroxylation sites is 1. The number of aromatic nitrogens is 3. The number of amides is 1. The van der Waals surface area contributed by atoms with Crippen molar-refractivity contribution in [3.63, 3.8) is 0 Å². The molecule has 0 saturated heterocycles. The van der Waals surface area contributed by atoms with Crippen LogP contribution in [0.15, 0.2) is 54.7 Å². The molecule has 0 fully saturated rings. The van der Waals surface area contributed by atoms with E-state index in [1.54, 1.807) is 11.1 Å². The summed E-state index contributed by atoms with van der Waals surface area (Å²) in [5, 5.41) is 4.62. The van der Waals surface area contributed by atoms with Crippen molar-refractivity contribution in [3.05, 3.63) is 77.4 Å². The Hall–Kier alpha value is -2.95. The first-order valence-electron chi connectivity index (χ1n) is 8.80. The molecule has 0 spiro atoms. The zero-order valence-electron chi connectivity index (χ0n) is 15.5. The lowest BCUT2D eigenvalue weighted by Gasteiger charge is -2.17. The molecule has 1 amide bonds. The van der Waals surface area contributed by atoms with Crippen LogP contribution in [0, 0.1) is 13.8 Å². The van der Waals surface area contributed by atoms with Gasteiger partial charge in [-0.2, -0.15) is 5.10 Å². The molecule has 0 aliphatic carbocycles. The van der Waals surface area contributed by atoms with Crippen LogP contribution < -0.4 is 0 Å². The number of rotatable bonds is 6. The fourth-order valence-corrected chi connectivity index (χ4v) is 2.99. The Kier molecular flexibility index (Phi) is 5.46. The van der Waals surface area contributed by atoms with Crippen LogP contribution in [0.2, 0.25) is 0 Å². The third-order valence-corrected chi connectivity index (χ3v) is 4.63. The van der Waals surface area contributed by atoms with E-state index in [9.17, 15) is 4.79 Å². The number of likely N-dealkylation sites (N-methyl/N-ethyl adjacent to an activating group) is 1. The van der Waals surface area contributed by atoms with E-state index >= 15 is 0 Å². The van der Waals surface area contributed by atoms with Crippen LogP contribution >= 0.6 is 0 Å². The van der Waals surface area contributed by atoms with E-state index < -0.39 is 0 Å². The van der Waals surface area contributed by atoms with Crippen LogP contribution in [0.25, 0.3) is 5.69 Å². The largest absolute Gasteiger partial charge is 0.345 e. The smallest absolute Gasteiger partial charge is 0.226 e. The van der Waals surface area contributed by atoms with Gasteiger partial charge in [-0.3, -0.25) is 9.78 Å². The molecule has 2 heterocycles. The molecule has 3 rings (SSSR count). The van der Waals surface area contributed by atoms with E-state index in [0.29, 0.717) is 13.0 Å². The molecular weight excluding hydrogens is 324 g/mol. The van der Waals surface area contributed by atoms with Gasteiger partial charge in [0.25, 0.3) is 0 Å². The molecule has 5 nitrogen and oxygen atoms in total. The monoisotopic (exact) mass is 348 g/mol. The summed E-state index contributed by atoms with van der Waals surface area (Å²) < 4.78 is 1.91. The minimum Gasteiger partial charge on any atom is -0.345 e. The summed E-state index contributed by atoms with van der Waals surface area (Å²) in [6.07, 6.45) is 2.90. The zero-order chi connectivity index (χ0) is 18.5. The molecule has 0 saturated carbocycles. The zero-order valence-corrected chi connectivity index (χ0v) is 15.5. The molecule has 0 N–H and O–H groups in total. The van der Waals surface area contributed by atoms with Gasteiger partial charge in [0, 0.05) is 43.2 Å². The summed E-state index contributed by atoms with van der Waals surface area (Å²) in [7, 11) is 1.84. The minimum absolute atomic E-state index is 0.0970. The summed E-state index contributed by atoms with van der Waals surface area (Å²) in [5.74, 6) is 0.0970. The summed E-state index contributed by atoms with van der Waals surface area (Å²) >= 11 is 0.